The van der Waals surface area contributed by atoms with Crippen LogP contribution in [0.15, 0.2) is 29.4 Å². The number of thiazole rings is 1. The quantitative estimate of drug-likeness (QED) is 0.816. The van der Waals surface area contributed by atoms with E-state index in [9.17, 15) is 5.11 Å². The van der Waals surface area contributed by atoms with Crippen molar-refractivity contribution in [1.82, 2.24) is 9.97 Å². The van der Waals surface area contributed by atoms with Crippen LogP contribution in [-0.2, 0) is 0 Å². The lowest BCUT2D eigenvalue weighted by molar-refractivity contribution is 0.215. The van der Waals surface area contributed by atoms with Crippen molar-refractivity contribution >= 4 is 11.3 Å². The Balaban J connectivity index is 2.32. The fourth-order valence-corrected chi connectivity index (χ4v) is 1.83. The maximum atomic E-state index is 9.91. The molecule has 0 saturated carbocycles. The Morgan fingerprint density at radius 1 is 1.43 bits per heavy atom. The van der Waals surface area contributed by atoms with E-state index in [0.717, 1.165) is 11.1 Å². The molecule has 1 N–H and O–H groups in total. The number of hydrogen-bond acceptors (Lipinski definition) is 4. The molecule has 1 atom stereocenters. The fraction of sp³-hybridized carbons (Fsp3) is 0.200. The summed E-state index contributed by atoms with van der Waals surface area (Å²) in [6.45, 7) is 1.95. The highest BCUT2D eigenvalue weighted by Gasteiger charge is 2.12. The van der Waals surface area contributed by atoms with Gasteiger partial charge in [-0.1, -0.05) is 6.07 Å². The lowest BCUT2D eigenvalue weighted by atomic mass is 10.1. The number of aliphatic hydroxyl groups is 1. The minimum Gasteiger partial charge on any atom is -0.382 e. The van der Waals surface area contributed by atoms with Crippen molar-refractivity contribution in [3.8, 4) is 0 Å². The van der Waals surface area contributed by atoms with Gasteiger partial charge >= 0.3 is 0 Å². The SMILES string of the molecule is Cc1cncc(C(O)c2cscn2)c1. The Morgan fingerprint density at radius 2 is 2.29 bits per heavy atom. The summed E-state index contributed by atoms with van der Waals surface area (Å²) >= 11 is 1.48. The smallest absolute Gasteiger partial charge is 0.123 e. The molecule has 0 amide bonds. The number of rotatable bonds is 2. The van der Waals surface area contributed by atoms with E-state index in [1.54, 1.807) is 17.9 Å². The Labute approximate surface area is 86.1 Å². The van der Waals surface area contributed by atoms with Crippen LogP contribution in [0.25, 0.3) is 0 Å². The van der Waals surface area contributed by atoms with Gasteiger partial charge < -0.3 is 5.11 Å². The molecule has 3 nitrogen and oxygen atoms in total. The number of nitrogens with zero attached hydrogens (tertiary/aromatic N) is 2. The van der Waals surface area contributed by atoms with Crippen LogP contribution in [0.5, 0.6) is 0 Å². The molecule has 2 aromatic heterocycles. The van der Waals surface area contributed by atoms with Gasteiger partial charge in [0.15, 0.2) is 0 Å². The Bertz CT molecular complexity index is 414. The van der Waals surface area contributed by atoms with Crippen LogP contribution in [-0.4, -0.2) is 15.1 Å². The molecule has 0 aliphatic rings. The van der Waals surface area contributed by atoms with Crippen LogP contribution >= 0.6 is 11.3 Å². The number of aryl methyl sites for hydroxylation is 1. The summed E-state index contributed by atoms with van der Waals surface area (Å²) in [6.07, 6.45) is 2.77. The van der Waals surface area contributed by atoms with E-state index < -0.39 is 6.10 Å². The molecule has 2 rings (SSSR count). The first-order valence-electron chi connectivity index (χ1n) is 4.25. The van der Waals surface area contributed by atoms with E-state index in [-0.39, 0.29) is 0 Å². The third-order valence-corrected chi connectivity index (χ3v) is 2.55. The zero-order valence-electron chi connectivity index (χ0n) is 7.71. The van der Waals surface area contributed by atoms with Crippen LogP contribution in [0.3, 0.4) is 0 Å². The highest BCUT2D eigenvalue weighted by molar-refractivity contribution is 7.07. The molecule has 0 radical (unpaired) electrons. The molecule has 0 aromatic carbocycles. The summed E-state index contributed by atoms with van der Waals surface area (Å²) in [4.78, 5) is 8.09. The standard InChI is InChI=1S/C10H10N2OS/c1-7-2-8(4-11-3-7)10(13)9-5-14-6-12-9/h2-6,10,13H,1H3. The summed E-state index contributed by atoms with van der Waals surface area (Å²) in [5, 5.41) is 11.7. The summed E-state index contributed by atoms with van der Waals surface area (Å²) in [7, 11) is 0. The van der Waals surface area contributed by atoms with E-state index in [0.29, 0.717) is 5.69 Å². The topological polar surface area (TPSA) is 46.0 Å². The first-order valence-corrected chi connectivity index (χ1v) is 5.19. The lowest BCUT2D eigenvalue weighted by Gasteiger charge is -2.07. The van der Waals surface area contributed by atoms with E-state index in [2.05, 4.69) is 9.97 Å². The van der Waals surface area contributed by atoms with Crippen molar-refractivity contribution in [2.75, 3.05) is 0 Å². The predicted octanol–water partition coefficient (Wildman–Crippen LogP) is 1.93. The molecular formula is C10H10N2OS. The van der Waals surface area contributed by atoms with E-state index in [1.807, 2.05) is 18.4 Å². The van der Waals surface area contributed by atoms with Crippen LogP contribution in [0, 0.1) is 6.92 Å². The largest absolute Gasteiger partial charge is 0.382 e. The van der Waals surface area contributed by atoms with E-state index in [4.69, 9.17) is 0 Å². The van der Waals surface area contributed by atoms with Gasteiger partial charge in [0.1, 0.15) is 6.10 Å². The molecule has 1 unspecified atom stereocenters. The van der Waals surface area contributed by atoms with Crippen molar-refractivity contribution in [3.05, 3.63) is 46.2 Å². The van der Waals surface area contributed by atoms with Gasteiger partial charge in [0, 0.05) is 23.3 Å². The Hall–Kier alpha value is -1.26. The molecule has 4 heteroatoms. The number of aliphatic hydroxyl groups excluding tert-OH is 1. The summed E-state index contributed by atoms with van der Waals surface area (Å²) in [5.41, 5.74) is 4.22. The average molecular weight is 206 g/mol. The van der Waals surface area contributed by atoms with Gasteiger partial charge in [0.2, 0.25) is 0 Å². The van der Waals surface area contributed by atoms with Crippen LogP contribution in [0.1, 0.15) is 22.9 Å². The van der Waals surface area contributed by atoms with Crippen LogP contribution < -0.4 is 0 Å². The lowest BCUT2D eigenvalue weighted by Crippen LogP contribution is -2.00. The second kappa shape index (κ2) is 3.86. The van der Waals surface area contributed by atoms with E-state index >= 15 is 0 Å². The normalized spacial score (nSPS) is 12.7. The van der Waals surface area contributed by atoms with Crippen LogP contribution in [0.2, 0.25) is 0 Å². The fourth-order valence-electron chi connectivity index (χ4n) is 1.26. The molecule has 2 heterocycles. The highest BCUT2D eigenvalue weighted by Crippen LogP contribution is 2.21. The van der Waals surface area contributed by atoms with Gasteiger partial charge in [0.25, 0.3) is 0 Å². The molecular weight excluding hydrogens is 196 g/mol. The Morgan fingerprint density at radius 3 is 2.93 bits per heavy atom. The summed E-state index contributed by atoms with van der Waals surface area (Å²) < 4.78 is 0. The van der Waals surface area contributed by atoms with Gasteiger partial charge in [0.05, 0.1) is 11.2 Å². The second-order valence-corrected chi connectivity index (χ2v) is 3.83. The van der Waals surface area contributed by atoms with Crippen LogP contribution in [0.4, 0.5) is 0 Å². The van der Waals surface area contributed by atoms with Crippen molar-refractivity contribution in [2.45, 2.75) is 13.0 Å². The van der Waals surface area contributed by atoms with Crippen molar-refractivity contribution in [1.29, 1.82) is 0 Å². The Kier molecular flexibility index (Phi) is 2.56. The molecule has 0 aliphatic heterocycles. The molecule has 0 bridgehead atoms. The van der Waals surface area contributed by atoms with Crippen molar-refractivity contribution in [2.24, 2.45) is 0 Å². The molecule has 72 valence electrons. The van der Waals surface area contributed by atoms with Gasteiger partial charge in [-0.2, -0.15) is 0 Å². The van der Waals surface area contributed by atoms with Gasteiger partial charge in [-0.3, -0.25) is 4.98 Å². The van der Waals surface area contributed by atoms with Gasteiger partial charge in [-0.25, -0.2) is 4.98 Å². The molecule has 0 aliphatic carbocycles. The average Bonchev–Trinajstić information content (AvgIpc) is 2.69. The minimum absolute atomic E-state index is 0.659. The highest BCUT2D eigenvalue weighted by atomic mass is 32.1. The number of pyridine rings is 1. The molecule has 0 spiro atoms. The molecule has 0 saturated heterocycles. The van der Waals surface area contributed by atoms with Crippen molar-refractivity contribution in [3.63, 3.8) is 0 Å². The first kappa shape index (κ1) is 9.30. The minimum atomic E-state index is -0.659. The monoisotopic (exact) mass is 206 g/mol. The molecule has 2 aromatic rings. The maximum absolute atomic E-state index is 9.91. The van der Waals surface area contributed by atoms with Gasteiger partial charge in [-0.05, 0) is 12.5 Å². The second-order valence-electron chi connectivity index (χ2n) is 3.11. The third-order valence-electron chi connectivity index (χ3n) is 1.94. The zero-order valence-corrected chi connectivity index (χ0v) is 8.53. The van der Waals surface area contributed by atoms with E-state index in [1.165, 1.54) is 11.3 Å². The first-order chi connectivity index (χ1) is 6.77. The maximum Gasteiger partial charge on any atom is 0.123 e. The summed E-state index contributed by atoms with van der Waals surface area (Å²) in [6, 6.07) is 1.91. The van der Waals surface area contributed by atoms with Crippen molar-refractivity contribution < 1.29 is 5.11 Å². The predicted molar refractivity (Wildman–Crippen MR) is 55.1 cm³/mol. The third kappa shape index (κ3) is 1.81. The molecule has 0 fully saturated rings. The number of aromatic nitrogens is 2. The van der Waals surface area contributed by atoms with Gasteiger partial charge in [-0.15, -0.1) is 11.3 Å². The number of hydrogen-bond donors (Lipinski definition) is 1. The summed E-state index contributed by atoms with van der Waals surface area (Å²) in [5.74, 6) is 0. The molecule has 14 heavy (non-hydrogen) atoms. The zero-order chi connectivity index (χ0) is 9.97.